The van der Waals surface area contributed by atoms with E-state index in [0.717, 1.165) is 6.54 Å². The van der Waals surface area contributed by atoms with Crippen molar-refractivity contribution in [2.75, 3.05) is 6.54 Å². The Balaban J connectivity index is 2.17. The molecule has 1 unspecified atom stereocenters. The van der Waals surface area contributed by atoms with Crippen LogP contribution in [0.2, 0.25) is 0 Å². The third kappa shape index (κ3) is 1.81. The highest BCUT2D eigenvalue weighted by Crippen LogP contribution is 2.38. The smallest absolute Gasteiger partial charge is 0.0441 e. The maximum Gasteiger partial charge on any atom is 0.0441 e. The van der Waals surface area contributed by atoms with Gasteiger partial charge in [-0.2, -0.15) is 0 Å². The van der Waals surface area contributed by atoms with Gasteiger partial charge < -0.3 is 5.32 Å². The fourth-order valence-corrected chi connectivity index (χ4v) is 3.34. The van der Waals surface area contributed by atoms with Gasteiger partial charge in [-0.25, -0.2) is 0 Å². The van der Waals surface area contributed by atoms with Crippen LogP contribution in [0.4, 0.5) is 0 Å². The molecule has 1 aromatic carbocycles. The average molecular weight is 240 g/mol. The minimum atomic E-state index is 0.178. The molecule has 94 valence electrons. The Morgan fingerprint density at radius 2 is 2.28 bits per heavy atom. The summed E-state index contributed by atoms with van der Waals surface area (Å²) in [5.74, 6) is 0. The summed E-state index contributed by atoms with van der Waals surface area (Å²) in [7, 11) is 0. The van der Waals surface area contributed by atoms with E-state index < -0.39 is 0 Å². The van der Waals surface area contributed by atoms with Crippen molar-refractivity contribution in [1.29, 1.82) is 0 Å². The molecule has 1 saturated heterocycles. The third-order valence-corrected chi connectivity index (χ3v) is 4.12. The second-order valence-electron chi connectivity index (χ2n) is 5.26. The molecular weight excluding hydrogens is 220 g/mol. The highest BCUT2D eigenvalue weighted by Gasteiger charge is 2.35. The third-order valence-electron chi connectivity index (χ3n) is 4.12. The van der Waals surface area contributed by atoms with Crippen LogP contribution < -0.4 is 5.32 Å². The summed E-state index contributed by atoms with van der Waals surface area (Å²) in [5, 5.41) is 6.36. The number of hydrogen-bond donors (Lipinski definition) is 1. The Bertz CT molecular complexity index is 536. The maximum atomic E-state index is 4.31. The number of benzene rings is 1. The Morgan fingerprint density at radius 1 is 1.33 bits per heavy atom. The molecule has 3 rings (SSSR count). The summed E-state index contributed by atoms with van der Waals surface area (Å²) in [6.07, 6.45) is 8.83. The first-order valence-electron chi connectivity index (χ1n) is 6.94. The summed E-state index contributed by atoms with van der Waals surface area (Å²) in [6, 6.07) is 8.73. The normalized spacial score (nSPS) is 23.6. The van der Waals surface area contributed by atoms with E-state index in [1.165, 1.54) is 42.0 Å². The van der Waals surface area contributed by atoms with Gasteiger partial charge in [-0.05, 0) is 42.8 Å². The summed E-state index contributed by atoms with van der Waals surface area (Å²) in [6.45, 7) is 3.40. The quantitative estimate of drug-likeness (QED) is 0.886. The van der Waals surface area contributed by atoms with E-state index in [9.17, 15) is 0 Å². The predicted octanol–water partition coefficient (Wildman–Crippen LogP) is 3.61. The van der Waals surface area contributed by atoms with Crippen LogP contribution in [-0.2, 0) is 5.54 Å². The highest BCUT2D eigenvalue weighted by atomic mass is 15.0. The minimum absolute atomic E-state index is 0.178. The SMILES string of the molecule is CCCC1(c2cccc3ccncc23)CCCN1. The zero-order chi connectivity index (χ0) is 12.4. The molecule has 1 atom stereocenters. The molecular formula is C16H20N2. The molecule has 0 amide bonds. The Hall–Kier alpha value is -1.41. The van der Waals surface area contributed by atoms with Gasteiger partial charge in [0.05, 0.1) is 0 Å². The Morgan fingerprint density at radius 3 is 3.06 bits per heavy atom. The summed E-state index contributed by atoms with van der Waals surface area (Å²) in [4.78, 5) is 4.31. The minimum Gasteiger partial charge on any atom is -0.307 e. The molecule has 1 fully saturated rings. The van der Waals surface area contributed by atoms with Crippen LogP contribution in [0.1, 0.15) is 38.2 Å². The Labute approximate surface area is 108 Å². The van der Waals surface area contributed by atoms with Crippen molar-refractivity contribution in [1.82, 2.24) is 10.3 Å². The van der Waals surface area contributed by atoms with Crippen LogP contribution in [0.5, 0.6) is 0 Å². The average Bonchev–Trinajstić information content (AvgIpc) is 2.88. The molecule has 1 N–H and O–H groups in total. The number of nitrogens with one attached hydrogen (secondary N) is 1. The second kappa shape index (κ2) is 4.69. The molecule has 2 nitrogen and oxygen atoms in total. The van der Waals surface area contributed by atoms with E-state index in [0.29, 0.717) is 0 Å². The first kappa shape index (κ1) is 11.7. The second-order valence-corrected chi connectivity index (χ2v) is 5.26. The van der Waals surface area contributed by atoms with Gasteiger partial charge in [0.15, 0.2) is 0 Å². The van der Waals surface area contributed by atoms with Crippen molar-refractivity contribution in [3.8, 4) is 0 Å². The topological polar surface area (TPSA) is 24.9 Å². The van der Waals surface area contributed by atoms with Gasteiger partial charge in [0.2, 0.25) is 0 Å². The predicted molar refractivity (Wildman–Crippen MR) is 75.6 cm³/mol. The van der Waals surface area contributed by atoms with Crippen LogP contribution in [0, 0.1) is 0 Å². The van der Waals surface area contributed by atoms with Crippen LogP contribution in [0.15, 0.2) is 36.7 Å². The standard InChI is InChI=1S/C16H20N2/c1-2-8-16(9-4-10-18-16)15-6-3-5-13-7-11-17-12-14(13)15/h3,5-7,11-12,18H,2,4,8-10H2,1H3. The number of fused-ring (bicyclic) bond motifs is 1. The maximum absolute atomic E-state index is 4.31. The largest absolute Gasteiger partial charge is 0.307 e. The Kier molecular flexibility index (Phi) is 3.04. The van der Waals surface area contributed by atoms with Crippen LogP contribution in [0.3, 0.4) is 0 Å². The summed E-state index contributed by atoms with van der Waals surface area (Å²) >= 11 is 0. The van der Waals surface area contributed by atoms with Gasteiger partial charge in [-0.1, -0.05) is 31.5 Å². The molecule has 1 aliphatic rings. The monoisotopic (exact) mass is 240 g/mol. The molecule has 2 heteroatoms. The number of nitrogens with zero attached hydrogens (tertiary/aromatic N) is 1. The lowest BCUT2D eigenvalue weighted by atomic mass is 9.82. The van der Waals surface area contributed by atoms with Crippen molar-refractivity contribution in [2.24, 2.45) is 0 Å². The molecule has 1 aromatic heterocycles. The van der Waals surface area contributed by atoms with E-state index >= 15 is 0 Å². The molecule has 2 heterocycles. The van der Waals surface area contributed by atoms with Gasteiger partial charge in [0, 0.05) is 23.3 Å². The van der Waals surface area contributed by atoms with Crippen LogP contribution >= 0.6 is 0 Å². The molecule has 1 aliphatic heterocycles. The molecule has 0 aliphatic carbocycles. The highest BCUT2D eigenvalue weighted by molar-refractivity contribution is 5.85. The van der Waals surface area contributed by atoms with Crippen molar-refractivity contribution >= 4 is 10.8 Å². The first-order valence-corrected chi connectivity index (χ1v) is 6.94. The first-order chi connectivity index (χ1) is 8.86. The van der Waals surface area contributed by atoms with Crippen LogP contribution in [0.25, 0.3) is 10.8 Å². The zero-order valence-corrected chi connectivity index (χ0v) is 10.9. The number of rotatable bonds is 3. The van der Waals surface area contributed by atoms with E-state index in [2.05, 4.69) is 41.5 Å². The van der Waals surface area contributed by atoms with E-state index in [1.807, 2.05) is 12.4 Å². The number of hydrogen-bond acceptors (Lipinski definition) is 2. The van der Waals surface area contributed by atoms with E-state index in [-0.39, 0.29) is 5.54 Å². The van der Waals surface area contributed by atoms with Crippen molar-refractivity contribution in [3.05, 3.63) is 42.2 Å². The zero-order valence-electron chi connectivity index (χ0n) is 10.9. The molecule has 0 bridgehead atoms. The summed E-state index contributed by atoms with van der Waals surface area (Å²) in [5.41, 5.74) is 1.62. The van der Waals surface area contributed by atoms with Crippen molar-refractivity contribution in [3.63, 3.8) is 0 Å². The lowest BCUT2D eigenvalue weighted by molar-refractivity contribution is 0.359. The molecule has 0 spiro atoms. The fraction of sp³-hybridized carbons (Fsp3) is 0.438. The fourth-order valence-electron chi connectivity index (χ4n) is 3.34. The molecule has 0 radical (unpaired) electrons. The van der Waals surface area contributed by atoms with Gasteiger partial charge in [0.1, 0.15) is 0 Å². The molecule has 0 saturated carbocycles. The van der Waals surface area contributed by atoms with Crippen LogP contribution in [-0.4, -0.2) is 11.5 Å². The van der Waals surface area contributed by atoms with E-state index in [1.54, 1.807) is 0 Å². The molecule has 2 aromatic rings. The number of pyridine rings is 1. The summed E-state index contributed by atoms with van der Waals surface area (Å²) < 4.78 is 0. The lowest BCUT2D eigenvalue weighted by Gasteiger charge is -2.31. The molecule has 18 heavy (non-hydrogen) atoms. The van der Waals surface area contributed by atoms with Gasteiger partial charge in [0.25, 0.3) is 0 Å². The van der Waals surface area contributed by atoms with Crippen molar-refractivity contribution < 1.29 is 0 Å². The van der Waals surface area contributed by atoms with Crippen molar-refractivity contribution in [2.45, 2.75) is 38.1 Å². The lowest BCUT2D eigenvalue weighted by Crippen LogP contribution is -2.36. The van der Waals surface area contributed by atoms with Gasteiger partial charge >= 0.3 is 0 Å². The van der Waals surface area contributed by atoms with Gasteiger partial charge in [-0.3, -0.25) is 4.98 Å². The van der Waals surface area contributed by atoms with Gasteiger partial charge in [-0.15, -0.1) is 0 Å². The number of aromatic nitrogens is 1. The van der Waals surface area contributed by atoms with E-state index in [4.69, 9.17) is 0 Å².